The van der Waals surface area contributed by atoms with Crippen molar-refractivity contribution in [2.24, 2.45) is 5.73 Å². The van der Waals surface area contributed by atoms with Gasteiger partial charge < -0.3 is 10.6 Å². The van der Waals surface area contributed by atoms with Gasteiger partial charge in [-0.1, -0.05) is 36.7 Å². The highest BCUT2D eigenvalue weighted by molar-refractivity contribution is 7.80. The number of aryl methyl sites for hydroxylation is 1. The molecule has 0 aromatic heterocycles. The van der Waals surface area contributed by atoms with Crippen LogP contribution in [0.2, 0.25) is 0 Å². The minimum absolute atomic E-state index is 0.506. The highest BCUT2D eigenvalue weighted by Gasteiger charge is 2.26. The van der Waals surface area contributed by atoms with E-state index in [1.54, 1.807) is 0 Å². The first-order valence-electron chi connectivity index (χ1n) is 8.04. The van der Waals surface area contributed by atoms with Gasteiger partial charge in [-0.05, 0) is 31.9 Å². The van der Waals surface area contributed by atoms with E-state index in [-0.39, 0.29) is 0 Å². The third-order valence-electron chi connectivity index (χ3n) is 4.91. The molecule has 1 aromatic rings. The summed E-state index contributed by atoms with van der Waals surface area (Å²) in [6.45, 7) is 6.57. The number of thiocarbonyl (C=S) groups is 1. The Morgan fingerprint density at radius 3 is 2.43 bits per heavy atom. The van der Waals surface area contributed by atoms with Gasteiger partial charge in [0.25, 0.3) is 0 Å². The molecule has 2 aliphatic rings. The van der Waals surface area contributed by atoms with E-state index in [1.807, 2.05) is 0 Å². The molecule has 2 fully saturated rings. The maximum absolute atomic E-state index is 5.91. The van der Waals surface area contributed by atoms with Crippen LogP contribution in [0.1, 0.15) is 36.8 Å². The largest absolute Gasteiger partial charge is 0.389 e. The van der Waals surface area contributed by atoms with E-state index in [0.29, 0.717) is 4.99 Å². The van der Waals surface area contributed by atoms with Gasteiger partial charge in [0, 0.05) is 43.5 Å². The van der Waals surface area contributed by atoms with Crippen LogP contribution in [0, 0.1) is 6.92 Å². The normalized spacial score (nSPS) is 20.9. The Morgan fingerprint density at radius 1 is 1.14 bits per heavy atom. The molecule has 21 heavy (non-hydrogen) atoms. The van der Waals surface area contributed by atoms with Gasteiger partial charge in [0.1, 0.15) is 4.99 Å². The van der Waals surface area contributed by atoms with Crippen LogP contribution >= 0.6 is 12.2 Å². The molecule has 0 amide bonds. The molecule has 3 rings (SSSR count). The Bertz CT molecular complexity index is 515. The van der Waals surface area contributed by atoms with E-state index in [9.17, 15) is 0 Å². The zero-order chi connectivity index (χ0) is 14.8. The molecule has 4 heteroatoms. The van der Waals surface area contributed by atoms with Gasteiger partial charge in [-0.15, -0.1) is 0 Å². The lowest BCUT2D eigenvalue weighted by atomic mass is 10.1. The quantitative estimate of drug-likeness (QED) is 0.870. The highest BCUT2D eigenvalue weighted by atomic mass is 32.1. The molecule has 1 aromatic carbocycles. The number of nitrogens with two attached hydrogens (primary N) is 1. The van der Waals surface area contributed by atoms with Crippen molar-refractivity contribution in [1.29, 1.82) is 0 Å². The number of hydrogen-bond donors (Lipinski definition) is 1. The van der Waals surface area contributed by atoms with Gasteiger partial charge in [-0.2, -0.15) is 0 Å². The third kappa shape index (κ3) is 3.22. The minimum Gasteiger partial charge on any atom is -0.389 e. The fraction of sp³-hybridized carbons (Fsp3) is 0.588. The van der Waals surface area contributed by atoms with Gasteiger partial charge in [0.05, 0.1) is 0 Å². The molecule has 1 heterocycles. The Morgan fingerprint density at radius 2 is 1.81 bits per heavy atom. The summed E-state index contributed by atoms with van der Waals surface area (Å²) in [4.78, 5) is 5.63. The molecule has 0 spiro atoms. The monoisotopic (exact) mass is 303 g/mol. The van der Waals surface area contributed by atoms with Crippen LogP contribution in [0.25, 0.3) is 0 Å². The van der Waals surface area contributed by atoms with Gasteiger partial charge in [-0.3, -0.25) is 4.90 Å². The van der Waals surface area contributed by atoms with E-state index < -0.39 is 0 Å². The molecule has 1 aliphatic carbocycles. The van der Waals surface area contributed by atoms with Gasteiger partial charge in [0.2, 0.25) is 0 Å². The predicted molar refractivity (Wildman–Crippen MR) is 93.1 cm³/mol. The Hall–Kier alpha value is -1.13. The number of benzene rings is 1. The summed E-state index contributed by atoms with van der Waals surface area (Å²) >= 11 is 5.23. The lowest BCUT2D eigenvalue weighted by Crippen LogP contribution is -2.50. The van der Waals surface area contributed by atoms with Crippen LogP contribution in [0.4, 0.5) is 5.69 Å². The maximum Gasteiger partial charge on any atom is 0.106 e. The van der Waals surface area contributed by atoms with Crippen LogP contribution < -0.4 is 10.6 Å². The molecule has 1 aliphatic heterocycles. The number of nitrogens with zero attached hydrogens (tertiary/aromatic N) is 2. The average Bonchev–Trinajstić information content (AvgIpc) is 3.01. The second-order valence-corrected chi connectivity index (χ2v) is 6.79. The minimum atomic E-state index is 0.506. The molecule has 0 atom stereocenters. The van der Waals surface area contributed by atoms with Crippen LogP contribution in [-0.4, -0.2) is 42.1 Å². The predicted octanol–water partition coefficient (Wildman–Crippen LogP) is 2.69. The average molecular weight is 303 g/mol. The van der Waals surface area contributed by atoms with Gasteiger partial charge >= 0.3 is 0 Å². The van der Waals surface area contributed by atoms with Gasteiger partial charge in [-0.25, -0.2) is 0 Å². The summed E-state index contributed by atoms with van der Waals surface area (Å²) < 4.78 is 0. The second kappa shape index (κ2) is 6.32. The summed E-state index contributed by atoms with van der Waals surface area (Å²) in [6, 6.07) is 7.27. The number of anilines is 1. The zero-order valence-electron chi connectivity index (χ0n) is 12.8. The lowest BCUT2D eigenvalue weighted by Gasteiger charge is -2.39. The summed E-state index contributed by atoms with van der Waals surface area (Å²) in [5.74, 6) is 0. The number of rotatable bonds is 3. The third-order valence-corrected chi connectivity index (χ3v) is 5.13. The summed E-state index contributed by atoms with van der Waals surface area (Å²) in [7, 11) is 0. The Balaban J connectivity index is 1.70. The van der Waals surface area contributed by atoms with Crippen molar-refractivity contribution < 1.29 is 0 Å². The zero-order valence-corrected chi connectivity index (χ0v) is 13.7. The topological polar surface area (TPSA) is 32.5 Å². The molecule has 0 unspecified atom stereocenters. The van der Waals surface area contributed by atoms with Crippen molar-refractivity contribution in [1.82, 2.24) is 4.90 Å². The summed E-state index contributed by atoms with van der Waals surface area (Å²) in [5, 5.41) is 0. The van der Waals surface area contributed by atoms with Gasteiger partial charge in [0.15, 0.2) is 0 Å². The van der Waals surface area contributed by atoms with Crippen molar-refractivity contribution in [3.05, 3.63) is 29.3 Å². The van der Waals surface area contributed by atoms with Crippen molar-refractivity contribution in [3.8, 4) is 0 Å². The molecular formula is C17H25N3S. The molecule has 1 saturated heterocycles. The first kappa shape index (κ1) is 14.8. The molecule has 114 valence electrons. The van der Waals surface area contributed by atoms with Crippen molar-refractivity contribution >= 4 is 22.9 Å². The summed E-state index contributed by atoms with van der Waals surface area (Å²) in [6.07, 6.45) is 5.61. The van der Waals surface area contributed by atoms with E-state index >= 15 is 0 Å². The lowest BCUT2D eigenvalue weighted by molar-refractivity contribution is 0.187. The first-order valence-corrected chi connectivity index (χ1v) is 8.45. The Labute approximate surface area is 133 Å². The highest BCUT2D eigenvalue weighted by Crippen LogP contribution is 2.27. The fourth-order valence-electron chi connectivity index (χ4n) is 3.72. The van der Waals surface area contributed by atoms with E-state index in [0.717, 1.165) is 37.8 Å². The van der Waals surface area contributed by atoms with Crippen molar-refractivity contribution in [3.63, 3.8) is 0 Å². The molecule has 3 nitrogen and oxygen atoms in total. The van der Waals surface area contributed by atoms with Crippen LogP contribution in [0.3, 0.4) is 0 Å². The Kier molecular flexibility index (Phi) is 4.45. The maximum atomic E-state index is 5.91. The fourth-order valence-corrected chi connectivity index (χ4v) is 3.88. The van der Waals surface area contributed by atoms with Crippen molar-refractivity contribution in [2.45, 2.75) is 38.6 Å². The second-order valence-electron chi connectivity index (χ2n) is 6.35. The number of piperazine rings is 1. The SMILES string of the molecule is Cc1ccc(N2CCN(C3CCCC3)CC2)c(C(N)=S)c1. The molecule has 1 saturated carbocycles. The standard InChI is InChI=1S/C17H25N3S/c1-13-6-7-16(15(12-13)17(18)21)20-10-8-19(9-11-20)14-4-2-3-5-14/h6-7,12,14H,2-5,8-11H2,1H3,(H2,18,21). The van der Waals surface area contributed by atoms with E-state index in [1.165, 1.54) is 36.9 Å². The molecule has 2 N–H and O–H groups in total. The number of hydrogen-bond acceptors (Lipinski definition) is 3. The molecule has 0 radical (unpaired) electrons. The first-order chi connectivity index (χ1) is 10.1. The van der Waals surface area contributed by atoms with E-state index in [4.69, 9.17) is 18.0 Å². The molecular weight excluding hydrogens is 278 g/mol. The van der Waals surface area contributed by atoms with Crippen molar-refractivity contribution in [2.75, 3.05) is 31.1 Å². The summed E-state index contributed by atoms with van der Waals surface area (Å²) in [5.41, 5.74) is 9.36. The molecule has 0 bridgehead atoms. The van der Waals surface area contributed by atoms with Crippen LogP contribution in [0.5, 0.6) is 0 Å². The van der Waals surface area contributed by atoms with Crippen LogP contribution in [-0.2, 0) is 0 Å². The van der Waals surface area contributed by atoms with Crippen LogP contribution in [0.15, 0.2) is 18.2 Å². The van der Waals surface area contributed by atoms with E-state index in [2.05, 4.69) is 34.9 Å². The smallest absolute Gasteiger partial charge is 0.106 e.